The van der Waals surface area contributed by atoms with E-state index in [1.165, 1.54) is 43.5 Å². The van der Waals surface area contributed by atoms with Crippen LogP contribution < -0.4 is 10.6 Å². The van der Waals surface area contributed by atoms with E-state index >= 15 is 0 Å². The summed E-state index contributed by atoms with van der Waals surface area (Å²) in [7, 11) is 0. The van der Waals surface area contributed by atoms with Gasteiger partial charge in [0, 0.05) is 32.3 Å². The van der Waals surface area contributed by atoms with Crippen molar-refractivity contribution in [2.24, 2.45) is 4.99 Å². The van der Waals surface area contributed by atoms with Crippen molar-refractivity contribution in [3.8, 4) is 0 Å². The highest BCUT2D eigenvalue weighted by molar-refractivity contribution is 5.79. The molecule has 1 aromatic carbocycles. The number of guanidine groups is 1. The Labute approximate surface area is 191 Å². The van der Waals surface area contributed by atoms with Crippen LogP contribution in [0.2, 0.25) is 0 Å². The highest BCUT2D eigenvalue weighted by Crippen LogP contribution is 2.14. The molecule has 0 aliphatic carbocycles. The van der Waals surface area contributed by atoms with Gasteiger partial charge in [-0.25, -0.2) is 4.99 Å². The lowest BCUT2D eigenvalue weighted by Crippen LogP contribution is -2.37. The Kier molecular flexibility index (Phi) is 8.09. The molecule has 7 nitrogen and oxygen atoms in total. The van der Waals surface area contributed by atoms with Crippen molar-refractivity contribution in [3.63, 3.8) is 0 Å². The summed E-state index contributed by atoms with van der Waals surface area (Å²) in [4.78, 5) is 7.33. The van der Waals surface area contributed by atoms with Crippen molar-refractivity contribution >= 4 is 11.6 Å². The van der Waals surface area contributed by atoms with Crippen LogP contribution in [0, 0.1) is 0 Å². The van der Waals surface area contributed by atoms with Crippen molar-refractivity contribution in [3.05, 3.63) is 65.6 Å². The Morgan fingerprint density at radius 2 is 1.78 bits per heavy atom. The van der Waals surface area contributed by atoms with Crippen molar-refractivity contribution < 1.29 is 0 Å². The second kappa shape index (κ2) is 11.6. The van der Waals surface area contributed by atoms with E-state index in [2.05, 4.69) is 56.9 Å². The highest BCUT2D eigenvalue weighted by Gasteiger charge is 2.10. The van der Waals surface area contributed by atoms with Crippen LogP contribution in [-0.2, 0) is 19.5 Å². The van der Waals surface area contributed by atoms with E-state index in [0.717, 1.165) is 49.9 Å². The molecule has 32 heavy (non-hydrogen) atoms. The summed E-state index contributed by atoms with van der Waals surface area (Å²) in [6.07, 6.45) is 7.90. The number of hydrogen-bond acceptors (Lipinski definition) is 4. The minimum Gasteiger partial charge on any atom is -0.357 e. The van der Waals surface area contributed by atoms with Crippen LogP contribution in [0.1, 0.15) is 49.6 Å². The molecule has 1 fully saturated rings. The number of likely N-dealkylation sites (tertiary alicyclic amines) is 1. The average molecular weight is 434 g/mol. The van der Waals surface area contributed by atoms with Crippen LogP contribution in [-0.4, -0.2) is 51.6 Å². The number of piperidine rings is 1. The third-order valence-electron chi connectivity index (χ3n) is 5.90. The number of pyridine rings is 1. The van der Waals surface area contributed by atoms with Gasteiger partial charge in [0.15, 0.2) is 11.6 Å². The van der Waals surface area contributed by atoms with Gasteiger partial charge in [0.05, 0.1) is 6.54 Å². The zero-order valence-corrected chi connectivity index (χ0v) is 19.1. The fraction of sp³-hybridized carbons (Fsp3) is 0.480. The van der Waals surface area contributed by atoms with E-state index in [4.69, 9.17) is 4.99 Å². The number of aromatic nitrogens is 3. The number of hydrogen-bond donors (Lipinski definition) is 2. The number of aliphatic imine (C=N–C) groups is 1. The van der Waals surface area contributed by atoms with Gasteiger partial charge < -0.3 is 10.6 Å². The fourth-order valence-electron chi connectivity index (χ4n) is 4.15. The Morgan fingerprint density at radius 3 is 2.59 bits per heavy atom. The van der Waals surface area contributed by atoms with Crippen LogP contribution in [0.15, 0.2) is 53.7 Å². The molecule has 1 aliphatic rings. The molecule has 170 valence electrons. The van der Waals surface area contributed by atoms with Gasteiger partial charge in [-0.3, -0.25) is 9.30 Å². The van der Waals surface area contributed by atoms with Gasteiger partial charge in [-0.15, -0.1) is 10.2 Å². The van der Waals surface area contributed by atoms with Crippen molar-refractivity contribution in [2.75, 3.05) is 26.2 Å². The van der Waals surface area contributed by atoms with Gasteiger partial charge in [-0.2, -0.15) is 0 Å². The lowest BCUT2D eigenvalue weighted by Gasteiger charge is -2.26. The Balaban J connectivity index is 1.24. The molecular formula is C25H35N7. The van der Waals surface area contributed by atoms with Crippen LogP contribution in [0.4, 0.5) is 0 Å². The molecule has 0 spiro atoms. The molecule has 4 rings (SSSR count). The summed E-state index contributed by atoms with van der Waals surface area (Å²) in [5, 5.41) is 15.3. The molecule has 1 saturated heterocycles. The first-order chi connectivity index (χ1) is 15.8. The summed E-state index contributed by atoms with van der Waals surface area (Å²) < 4.78 is 2.05. The zero-order valence-electron chi connectivity index (χ0n) is 19.1. The number of rotatable bonds is 9. The maximum atomic E-state index is 4.76. The molecule has 0 atom stereocenters. The third kappa shape index (κ3) is 6.29. The molecule has 0 unspecified atom stereocenters. The van der Waals surface area contributed by atoms with Gasteiger partial charge in [-0.1, -0.05) is 36.8 Å². The number of aryl methyl sites for hydroxylation is 1. The van der Waals surface area contributed by atoms with Crippen LogP contribution in [0.3, 0.4) is 0 Å². The summed E-state index contributed by atoms with van der Waals surface area (Å²) in [5.74, 6) is 1.85. The Bertz CT molecular complexity index is 987. The first-order valence-corrected chi connectivity index (χ1v) is 11.9. The Hall–Kier alpha value is -2.93. The van der Waals surface area contributed by atoms with E-state index in [1.54, 1.807) is 0 Å². The van der Waals surface area contributed by atoms with Gasteiger partial charge in [-0.05, 0) is 62.5 Å². The molecule has 2 aromatic heterocycles. The number of nitrogens with zero attached hydrogens (tertiary/aromatic N) is 5. The van der Waals surface area contributed by atoms with Crippen LogP contribution in [0.5, 0.6) is 0 Å². The smallest absolute Gasteiger partial charge is 0.191 e. The van der Waals surface area contributed by atoms with E-state index in [1.807, 2.05) is 28.8 Å². The lowest BCUT2D eigenvalue weighted by molar-refractivity contribution is 0.221. The van der Waals surface area contributed by atoms with Crippen LogP contribution in [0.25, 0.3) is 5.65 Å². The first-order valence-electron chi connectivity index (χ1n) is 11.9. The molecule has 0 saturated carbocycles. The minimum atomic E-state index is 0.675. The molecule has 2 N–H and O–H groups in total. The van der Waals surface area contributed by atoms with Gasteiger partial charge in [0.25, 0.3) is 0 Å². The maximum absolute atomic E-state index is 4.76. The average Bonchev–Trinajstić information content (AvgIpc) is 3.25. The molecule has 7 heteroatoms. The number of benzene rings is 1. The first kappa shape index (κ1) is 22.3. The van der Waals surface area contributed by atoms with E-state index < -0.39 is 0 Å². The second-order valence-electron chi connectivity index (χ2n) is 8.42. The van der Waals surface area contributed by atoms with Crippen molar-refractivity contribution in [2.45, 2.75) is 52.1 Å². The number of fused-ring (bicyclic) bond motifs is 1. The largest absolute Gasteiger partial charge is 0.357 e. The molecular weight excluding hydrogens is 398 g/mol. The molecule has 0 radical (unpaired) electrons. The van der Waals surface area contributed by atoms with Gasteiger partial charge in [0.1, 0.15) is 5.82 Å². The highest BCUT2D eigenvalue weighted by atomic mass is 15.2. The molecule has 0 amide bonds. The normalized spacial score (nSPS) is 15.2. The Morgan fingerprint density at radius 1 is 0.969 bits per heavy atom. The number of nitrogens with one attached hydrogen (secondary N) is 2. The predicted molar refractivity (Wildman–Crippen MR) is 130 cm³/mol. The van der Waals surface area contributed by atoms with Crippen molar-refractivity contribution in [1.29, 1.82) is 0 Å². The third-order valence-corrected chi connectivity index (χ3v) is 5.90. The maximum Gasteiger partial charge on any atom is 0.191 e. The van der Waals surface area contributed by atoms with E-state index in [-0.39, 0.29) is 0 Å². The van der Waals surface area contributed by atoms with E-state index in [9.17, 15) is 0 Å². The zero-order chi connectivity index (χ0) is 22.0. The lowest BCUT2D eigenvalue weighted by atomic mass is 10.1. The van der Waals surface area contributed by atoms with Crippen LogP contribution >= 0.6 is 0 Å². The van der Waals surface area contributed by atoms with Gasteiger partial charge in [0.2, 0.25) is 0 Å². The topological polar surface area (TPSA) is 69.8 Å². The quantitative estimate of drug-likeness (QED) is 0.307. The molecule has 1 aliphatic heterocycles. The summed E-state index contributed by atoms with van der Waals surface area (Å²) in [6, 6.07) is 14.9. The summed E-state index contributed by atoms with van der Waals surface area (Å²) in [6.45, 7) is 7.98. The molecule has 0 bridgehead atoms. The monoisotopic (exact) mass is 433 g/mol. The second-order valence-corrected chi connectivity index (χ2v) is 8.42. The van der Waals surface area contributed by atoms with Crippen molar-refractivity contribution in [1.82, 2.24) is 30.1 Å². The standard InChI is InChI=1S/C25H35N7/c1-2-26-25(27-15-8-10-24-30-29-23-9-4-7-18-32(23)24)28-19-21-11-13-22(14-12-21)20-31-16-5-3-6-17-31/h4,7,9,11-14,18H,2-3,5-6,8,10,15-17,19-20H2,1H3,(H2,26,27,28). The fourth-order valence-corrected chi connectivity index (χ4v) is 4.15. The minimum absolute atomic E-state index is 0.675. The molecule has 3 heterocycles. The van der Waals surface area contributed by atoms with Gasteiger partial charge >= 0.3 is 0 Å². The SMILES string of the molecule is CCNC(=NCc1ccc(CN2CCCCC2)cc1)NCCCc1nnc2ccccn12. The van der Waals surface area contributed by atoms with E-state index in [0.29, 0.717) is 6.54 Å². The summed E-state index contributed by atoms with van der Waals surface area (Å²) >= 11 is 0. The molecule has 3 aromatic rings. The predicted octanol–water partition coefficient (Wildman–Crippen LogP) is 3.40. The summed E-state index contributed by atoms with van der Waals surface area (Å²) in [5.41, 5.74) is 3.53.